The van der Waals surface area contributed by atoms with E-state index in [1.165, 1.54) is 77.0 Å². The molecule has 0 heterocycles. The molecule has 0 bridgehead atoms. The monoisotopic (exact) mass is 849 g/mol. The molecule has 348 valence electrons. The Hall–Kier alpha value is -3.41. The highest BCUT2D eigenvalue weighted by Crippen LogP contribution is 2.14. The summed E-state index contributed by atoms with van der Waals surface area (Å²) in [6, 6.07) is 0. The van der Waals surface area contributed by atoms with Crippen LogP contribution in [0, 0.1) is 0 Å². The second-order valence-corrected chi connectivity index (χ2v) is 16.3. The Morgan fingerprint density at radius 1 is 0.344 bits per heavy atom. The number of rotatable bonds is 44. The lowest BCUT2D eigenvalue weighted by molar-refractivity contribution is -0.167. The highest BCUT2D eigenvalue weighted by Gasteiger charge is 2.19. The van der Waals surface area contributed by atoms with Crippen LogP contribution in [0.2, 0.25) is 0 Å². The third kappa shape index (κ3) is 47.5. The van der Waals surface area contributed by atoms with Crippen molar-refractivity contribution in [2.45, 2.75) is 232 Å². The average Bonchev–Trinajstić information content (AvgIpc) is 3.26. The van der Waals surface area contributed by atoms with Gasteiger partial charge in [-0.15, -0.1) is 0 Å². The Bertz CT molecular complexity index is 1200. The van der Waals surface area contributed by atoms with Gasteiger partial charge in [0.25, 0.3) is 0 Å². The summed E-state index contributed by atoms with van der Waals surface area (Å²) in [6.45, 7) is 6.42. The van der Waals surface area contributed by atoms with Crippen molar-refractivity contribution in [3.8, 4) is 0 Å². The number of unbranched alkanes of at least 4 members (excludes halogenated alkanes) is 19. The summed E-state index contributed by atoms with van der Waals surface area (Å²) in [4.78, 5) is 37.9. The van der Waals surface area contributed by atoms with E-state index in [-0.39, 0.29) is 31.1 Å². The topological polar surface area (TPSA) is 78.9 Å². The van der Waals surface area contributed by atoms with E-state index in [9.17, 15) is 14.4 Å². The van der Waals surface area contributed by atoms with Crippen LogP contribution in [-0.2, 0) is 28.6 Å². The van der Waals surface area contributed by atoms with E-state index < -0.39 is 6.10 Å². The fourth-order valence-electron chi connectivity index (χ4n) is 6.61. The maximum absolute atomic E-state index is 12.8. The Morgan fingerprint density at radius 2 is 0.639 bits per heavy atom. The molecule has 0 radical (unpaired) electrons. The van der Waals surface area contributed by atoms with Crippen LogP contribution in [0.25, 0.3) is 0 Å². The summed E-state index contributed by atoms with van der Waals surface area (Å²) in [5, 5.41) is 0. The van der Waals surface area contributed by atoms with Gasteiger partial charge in [-0.25, -0.2) is 0 Å². The molecule has 0 aromatic carbocycles. The molecular formula is C55H92O6. The molecular weight excluding hydrogens is 757 g/mol. The average molecular weight is 849 g/mol. The van der Waals surface area contributed by atoms with Crippen LogP contribution >= 0.6 is 0 Å². The molecule has 0 N–H and O–H groups in total. The first-order chi connectivity index (χ1) is 30.0. The van der Waals surface area contributed by atoms with Crippen LogP contribution in [-0.4, -0.2) is 37.2 Å². The second-order valence-electron chi connectivity index (χ2n) is 16.3. The van der Waals surface area contributed by atoms with Gasteiger partial charge in [0.05, 0.1) is 0 Å². The summed E-state index contributed by atoms with van der Waals surface area (Å²) < 4.78 is 16.7. The zero-order chi connectivity index (χ0) is 44.4. The third-order valence-electron chi connectivity index (χ3n) is 10.4. The van der Waals surface area contributed by atoms with Crippen molar-refractivity contribution >= 4 is 17.9 Å². The van der Waals surface area contributed by atoms with Gasteiger partial charge in [-0.05, 0) is 96.3 Å². The molecule has 6 heteroatoms. The number of hydrogen-bond donors (Lipinski definition) is 0. The predicted octanol–water partition coefficient (Wildman–Crippen LogP) is 16.4. The molecule has 0 spiro atoms. The highest BCUT2D eigenvalue weighted by molar-refractivity contribution is 5.71. The summed E-state index contributed by atoms with van der Waals surface area (Å²) >= 11 is 0. The van der Waals surface area contributed by atoms with Gasteiger partial charge in [0.2, 0.25) is 0 Å². The molecule has 0 fully saturated rings. The van der Waals surface area contributed by atoms with Crippen molar-refractivity contribution in [3.05, 3.63) is 85.1 Å². The van der Waals surface area contributed by atoms with Crippen LogP contribution in [0.15, 0.2) is 85.1 Å². The lowest BCUT2D eigenvalue weighted by Gasteiger charge is -2.18. The lowest BCUT2D eigenvalue weighted by atomic mass is 10.1. The quantitative estimate of drug-likeness (QED) is 0.0263. The molecule has 6 nitrogen and oxygen atoms in total. The van der Waals surface area contributed by atoms with E-state index in [0.717, 1.165) is 109 Å². The Labute approximate surface area is 375 Å². The summed E-state index contributed by atoms with van der Waals surface area (Å²) in [5.41, 5.74) is 0. The minimum absolute atomic E-state index is 0.0980. The van der Waals surface area contributed by atoms with E-state index in [1.54, 1.807) is 0 Å². The molecule has 0 unspecified atom stereocenters. The van der Waals surface area contributed by atoms with E-state index in [0.29, 0.717) is 19.3 Å². The second kappa shape index (κ2) is 49.2. The normalized spacial score (nSPS) is 12.8. The van der Waals surface area contributed by atoms with Crippen LogP contribution < -0.4 is 0 Å². The van der Waals surface area contributed by atoms with Gasteiger partial charge in [-0.1, -0.05) is 196 Å². The van der Waals surface area contributed by atoms with E-state index in [2.05, 4.69) is 106 Å². The number of ether oxygens (including phenoxy) is 3. The number of hydrogen-bond acceptors (Lipinski definition) is 6. The van der Waals surface area contributed by atoms with Gasteiger partial charge < -0.3 is 14.2 Å². The minimum atomic E-state index is -0.802. The van der Waals surface area contributed by atoms with Gasteiger partial charge in [0, 0.05) is 19.3 Å². The maximum atomic E-state index is 12.8. The molecule has 0 saturated heterocycles. The van der Waals surface area contributed by atoms with E-state index in [1.807, 2.05) is 0 Å². The van der Waals surface area contributed by atoms with Crippen LogP contribution in [0.1, 0.15) is 226 Å². The third-order valence-corrected chi connectivity index (χ3v) is 10.4. The highest BCUT2D eigenvalue weighted by atomic mass is 16.6. The standard InChI is InChI=1S/C55H92O6/c1-4-7-10-13-16-19-22-24-26-27-29-31-34-37-40-43-46-49-55(58)61-52(50-59-53(56)47-44-41-38-35-32-21-18-15-12-9-6-3)51-60-54(57)48-45-42-39-36-33-30-28-25-23-20-17-14-11-8-5-2/h7,10,16-17,19-20,24-26,28-29,31,33,36,52H,4-6,8-9,11-15,18,21-23,27,30,32,34-35,37-51H2,1-3H3/b10-7-,19-16-,20-17-,26-24-,28-25-,31-29-,36-33-/t52-/m0/s1. The number of carbonyl (C=O) groups excluding carboxylic acids is 3. The molecule has 1 atom stereocenters. The molecule has 0 amide bonds. The van der Waals surface area contributed by atoms with Gasteiger partial charge in [-0.2, -0.15) is 0 Å². The SMILES string of the molecule is CC/C=C\C/C=C\C/C=C\C/C=C\CCCCCCC(=O)O[C@H](COC(=O)CCCC/C=C\C/C=C\C/C=C\CCCCC)COC(=O)CCCCCCCCCCCCC. The molecule has 0 saturated carbocycles. The first kappa shape index (κ1) is 57.6. The Kier molecular flexibility index (Phi) is 46.5. The Balaban J connectivity index is 4.49. The first-order valence-corrected chi connectivity index (χ1v) is 25.1. The van der Waals surface area contributed by atoms with Crippen molar-refractivity contribution in [1.29, 1.82) is 0 Å². The minimum Gasteiger partial charge on any atom is -0.462 e. The molecule has 0 aliphatic carbocycles. The number of allylic oxidation sites excluding steroid dienone is 14. The van der Waals surface area contributed by atoms with Crippen molar-refractivity contribution < 1.29 is 28.6 Å². The fraction of sp³-hybridized carbons (Fsp3) is 0.691. The molecule has 0 aromatic rings. The smallest absolute Gasteiger partial charge is 0.306 e. The van der Waals surface area contributed by atoms with Gasteiger partial charge in [-0.3, -0.25) is 14.4 Å². The zero-order valence-corrected chi connectivity index (χ0v) is 39.7. The van der Waals surface area contributed by atoms with E-state index in [4.69, 9.17) is 14.2 Å². The lowest BCUT2D eigenvalue weighted by Crippen LogP contribution is -2.30. The summed E-state index contributed by atoms with van der Waals surface area (Å²) in [5.74, 6) is -0.965. The number of esters is 3. The fourth-order valence-corrected chi connectivity index (χ4v) is 6.61. The predicted molar refractivity (Wildman–Crippen MR) is 261 cm³/mol. The molecule has 61 heavy (non-hydrogen) atoms. The molecule has 0 aliphatic heterocycles. The zero-order valence-electron chi connectivity index (χ0n) is 39.7. The van der Waals surface area contributed by atoms with Crippen LogP contribution in [0.5, 0.6) is 0 Å². The van der Waals surface area contributed by atoms with Gasteiger partial charge in [0.15, 0.2) is 6.10 Å². The van der Waals surface area contributed by atoms with E-state index >= 15 is 0 Å². The molecule has 0 aliphatic rings. The number of carbonyl (C=O) groups is 3. The summed E-state index contributed by atoms with van der Waals surface area (Å²) in [7, 11) is 0. The van der Waals surface area contributed by atoms with Gasteiger partial charge >= 0.3 is 17.9 Å². The Morgan fingerprint density at radius 3 is 1.07 bits per heavy atom. The largest absolute Gasteiger partial charge is 0.462 e. The van der Waals surface area contributed by atoms with Crippen molar-refractivity contribution in [2.75, 3.05) is 13.2 Å². The molecule has 0 rings (SSSR count). The first-order valence-electron chi connectivity index (χ1n) is 25.1. The van der Waals surface area contributed by atoms with Crippen LogP contribution in [0.4, 0.5) is 0 Å². The van der Waals surface area contributed by atoms with Crippen molar-refractivity contribution in [2.24, 2.45) is 0 Å². The van der Waals surface area contributed by atoms with Gasteiger partial charge in [0.1, 0.15) is 13.2 Å². The van der Waals surface area contributed by atoms with Crippen molar-refractivity contribution in [3.63, 3.8) is 0 Å². The summed E-state index contributed by atoms with van der Waals surface area (Å²) in [6.07, 6.45) is 62.8. The maximum Gasteiger partial charge on any atom is 0.306 e. The van der Waals surface area contributed by atoms with Crippen LogP contribution in [0.3, 0.4) is 0 Å². The van der Waals surface area contributed by atoms with Crippen molar-refractivity contribution in [1.82, 2.24) is 0 Å². The molecule has 0 aromatic heterocycles.